The van der Waals surface area contributed by atoms with Gasteiger partial charge in [-0.15, -0.1) is 0 Å². The summed E-state index contributed by atoms with van der Waals surface area (Å²) in [5.41, 5.74) is 17.7. The average Bonchev–Trinajstić information content (AvgIpc) is 3.54. The third-order valence-electron chi connectivity index (χ3n) is 13.7. The summed E-state index contributed by atoms with van der Waals surface area (Å²) in [5, 5.41) is 10.4. The molecular formula is C61H85N3. The topological polar surface area (TPSA) is 36.1 Å². The van der Waals surface area contributed by atoms with Crippen LogP contribution in [0.25, 0.3) is 5.57 Å². The molecule has 0 atom stereocenters. The molecule has 0 aliphatic heterocycles. The third-order valence-corrected chi connectivity index (χ3v) is 13.7. The van der Waals surface area contributed by atoms with E-state index in [1.807, 2.05) is 6.92 Å². The van der Waals surface area contributed by atoms with E-state index < -0.39 is 0 Å². The smallest absolute Gasteiger partial charge is 0.0957 e. The lowest BCUT2D eigenvalue weighted by molar-refractivity contribution is 0.522. The number of unbranched alkanes of at least 4 members (excludes halogenated alkanes) is 17. The molecule has 3 N–H and O–H groups in total. The molecule has 0 fully saturated rings. The van der Waals surface area contributed by atoms with E-state index in [9.17, 15) is 0 Å². The summed E-state index contributed by atoms with van der Waals surface area (Å²) in [4.78, 5) is 0. The Hall–Kier alpha value is -4.76. The van der Waals surface area contributed by atoms with Gasteiger partial charge in [-0.2, -0.15) is 0 Å². The van der Waals surface area contributed by atoms with Crippen molar-refractivity contribution in [2.45, 2.75) is 181 Å². The summed E-state index contributed by atoms with van der Waals surface area (Å²) in [6, 6.07) is 29.7. The lowest BCUT2D eigenvalue weighted by Crippen LogP contribution is -2.28. The maximum atomic E-state index is 4.63. The molecule has 1 aliphatic carbocycles. The molecule has 0 saturated carbocycles. The average molecular weight is 860 g/mol. The Labute approximate surface area is 391 Å². The zero-order valence-corrected chi connectivity index (χ0v) is 41.1. The Balaban J connectivity index is 0.847. The van der Waals surface area contributed by atoms with Crippen LogP contribution in [0.5, 0.6) is 0 Å². The van der Waals surface area contributed by atoms with Gasteiger partial charge in [-0.1, -0.05) is 212 Å². The molecule has 1 aliphatic rings. The highest BCUT2D eigenvalue weighted by atomic mass is 15.1. The Morgan fingerprint density at radius 3 is 1.50 bits per heavy atom. The van der Waals surface area contributed by atoms with Gasteiger partial charge in [0.1, 0.15) is 0 Å². The second kappa shape index (κ2) is 26.3. The number of rotatable bonds is 31. The van der Waals surface area contributed by atoms with Crippen LogP contribution in [0.15, 0.2) is 122 Å². The molecule has 0 amide bonds. The fourth-order valence-corrected chi connectivity index (χ4v) is 10.2. The van der Waals surface area contributed by atoms with Gasteiger partial charge in [0.2, 0.25) is 0 Å². The van der Waals surface area contributed by atoms with Crippen molar-refractivity contribution in [3.8, 4) is 0 Å². The first-order valence-corrected chi connectivity index (χ1v) is 25.3. The SMILES string of the molecule is C=C(CCCCCCCCCCCCCCCCCCCCNC(=C)Nc1ccc2c(c1)C(=C)CC2(c1ccc(C)cc1C)c1ccc(C)cc1C)Cc1ccc(CNC(=C)C)cc1. The Kier molecular flexibility index (Phi) is 20.6. The third kappa shape index (κ3) is 15.5. The van der Waals surface area contributed by atoms with Crippen molar-refractivity contribution in [3.05, 3.63) is 178 Å². The number of allylic oxidation sites excluding steroid dienone is 3. The van der Waals surface area contributed by atoms with Crippen molar-refractivity contribution in [3.63, 3.8) is 0 Å². The highest BCUT2D eigenvalue weighted by molar-refractivity contribution is 5.82. The normalized spacial score (nSPS) is 12.9. The molecule has 0 heterocycles. The van der Waals surface area contributed by atoms with Crippen molar-refractivity contribution in [1.82, 2.24) is 10.6 Å². The summed E-state index contributed by atoms with van der Waals surface area (Å²) in [6.45, 7) is 29.9. The first kappa shape index (κ1) is 50.2. The van der Waals surface area contributed by atoms with Gasteiger partial charge in [0, 0.05) is 24.5 Å². The number of hydrogen-bond donors (Lipinski definition) is 3. The van der Waals surface area contributed by atoms with Crippen LogP contribution in [0.4, 0.5) is 5.69 Å². The van der Waals surface area contributed by atoms with Crippen molar-refractivity contribution in [2.75, 3.05) is 11.9 Å². The summed E-state index contributed by atoms with van der Waals surface area (Å²) in [5.74, 6) is 0.866. The van der Waals surface area contributed by atoms with Gasteiger partial charge in [-0.3, -0.25) is 0 Å². The number of anilines is 1. The molecular weight excluding hydrogens is 775 g/mol. The summed E-state index contributed by atoms with van der Waals surface area (Å²) in [7, 11) is 0. The fraction of sp³-hybridized carbons (Fsp3) is 0.475. The van der Waals surface area contributed by atoms with E-state index in [1.165, 1.54) is 182 Å². The summed E-state index contributed by atoms with van der Waals surface area (Å²) >= 11 is 0. The van der Waals surface area contributed by atoms with Gasteiger partial charge in [0.15, 0.2) is 0 Å². The van der Waals surface area contributed by atoms with Crippen LogP contribution in [0.3, 0.4) is 0 Å². The second-order valence-corrected chi connectivity index (χ2v) is 19.6. The highest BCUT2D eigenvalue weighted by Crippen LogP contribution is 2.55. The number of nitrogens with one attached hydrogen (secondary N) is 3. The van der Waals surface area contributed by atoms with Gasteiger partial charge in [0.25, 0.3) is 0 Å². The predicted octanol–water partition coefficient (Wildman–Crippen LogP) is 17.0. The minimum atomic E-state index is -0.256. The van der Waals surface area contributed by atoms with Crippen LogP contribution < -0.4 is 16.0 Å². The van der Waals surface area contributed by atoms with E-state index in [1.54, 1.807) is 0 Å². The van der Waals surface area contributed by atoms with E-state index in [-0.39, 0.29) is 5.41 Å². The van der Waals surface area contributed by atoms with E-state index >= 15 is 0 Å². The second-order valence-electron chi connectivity index (χ2n) is 19.6. The van der Waals surface area contributed by atoms with Crippen molar-refractivity contribution in [2.24, 2.45) is 0 Å². The molecule has 344 valence electrons. The van der Waals surface area contributed by atoms with Crippen LogP contribution in [0.2, 0.25) is 0 Å². The van der Waals surface area contributed by atoms with Crippen LogP contribution in [-0.4, -0.2) is 6.54 Å². The lowest BCUT2D eigenvalue weighted by Gasteiger charge is -2.35. The predicted molar refractivity (Wildman–Crippen MR) is 281 cm³/mol. The van der Waals surface area contributed by atoms with E-state index in [0.29, 0.717) is 0 Å². The molecule has 5 rings (SSSR count). The number of hydrogen-bond acceptors (Lipinski definition) is 3. The van der Waals surface area contributed by atoms with E-state index in [2.05, 4.69) is 149 Å². The van der Waals surface area contributed by atoms with Gasteiger partial charge >= 0.3 is 0 Å². The molecule has 3 heteroatoms. The minimum absolute atomic E-state index is 0.256. The van der Waals surface area contributed by atoms with E-state index in [4.69, 9.17) is 0 Å². The number of aryl methyl sites for hydroxylation is 4. The molecule has 4 aromatic rings. The van der Waals surface area contributed by atoms with E-state index in [0.717, 1.165) is 49.6 Å². The maximum absolute atomic E-state index is 4.63. The molecule has 64 heavy (non-hydrogen) atoms. The molecule has 0 radical (unpaired) electrons. The van der Waals surface area contributed by atoms with Crippen LogP contribution in [0, 0.1) is 27.7 Å². The molecule has 0 bridgehead atoms. The first-order valence-electron chi connectivity index (χ1n) is 25.3. The van der Waals surface area contributed by atoms with Gasteiger partial charge < -0.3 is 16.0 Å². The molecule has 0 spiro atoms. The summed E-state index contributed by atoms with van der Waals surface area (Å²) < 4.78 is 0. The van der Waals surface area contributed by atoms with Gasteiger partial charge in [-0.25, -0.2) is 0 Å². The lowest BCUT2D eigenvalue weighted by atomic mass is 9.67. The van der Waals surface area contributed by atoms with Crippen molar-refractivity contribution in [1.29, 1.82) is 0 Å². The minimum Gasteiger partial charge on any atom is -0.385 e. The number of fused-ring (bicyclic) bond motifs is 1. The monoisotopic (exact) mass is 860 g/mol. The Morgan fingerprint density at radius 2 is 1.00 bits per heavy atom. The first-order chi connectivity index (χ1) is 31.0. The molecule has 4 aromatic carbocycles. The largest absolute Gasteiger partial charge is 0.385 e. The molecule has 0 unspecified atom stereocenters. The Bertz CT molecular complexity index is 2060. The molecule has 0 saturated heterocycles. The highest BCUT2D eigenvalue weighted by Gasteiger charge is 2.45. The number of benzene rings is 4. The van der Waals surface area contributed by atoms with Crippen LogP contribution >= 0.6 is 0 Å². The van der Waals surface area contributed by atoms with Crippen LogP contribution in [-0.2, 0) is 18.4 Å². The maximum Gasteiger partial charge on any atom is 0.0957 e. The van der Waals surface area contributed by atoms with Crippen molar-refractivity contribution < 1.29 is 0 Å². The quantitative estimate of drug-likeness (QED) is 0.0349. The Morgan fingerprint density at radius 1 is 0.531 bits per heavy atom. The molecule has 3 nitrogen and oxygen atoms in total. The molecule has 0 aromatic heterocycles. The summed E-state index contributed by atoms with van der Waals surface area (Å²) in [6.07, 6.45) is 27.7. The van der Waals surface area contributed by atoms with Gasteiger partial charge in [0.05, 0.1) is 11.2 Å². The fourth-order valence-electron chi connectivity index (χ4n) is 10.2. The van der Waals surface area contributed by atoms with Gasteiger partial charge in [-0.05, 0) is 129 Å². The van der Waals surface area contributed by atoms with Crippen LogP contribution in [0.1, 0.15) is 191 Å². The zero-order chi connectivity index (χ0) is 45.7. The van der Waals surface area contributed by atoms with Crippen molar-refractivity contribution >= 4 is 11.3 Å². The standard InChI is InChI=1S/C61H85N3/c1-46(2)63-45-55-33-31-54(32-34-55)42-47(3)28-26-24-22-20-18-16-14-12-10-11-13-15-17-19-21-23-25-27-39-62-53(9)64-56-35-38-60-57(43-56)52(8)44-61(60,58-36-29-48(4)40-50(58)6)59-37-30-49(5)41-51(59)7/h29-38,40-41,43,62-64H,1,3,8-28,39,42,44-45H2,2,4-7H3. The zero-order valence-electron chi connectivity index (χ0n) is 41.1.